The molecule has 0 aliphatic carbocycles. The fourth-order valence-corrected chi connectivity index (χ4v) is 2.27. The van der Waals surface area contributed by atoms with Gasteiger partial charge in [0.2, 0.25) is 0 Å². The molecule has 0 spiro atoms. The molecule has 0 aliphatic heterocycles. The molecule has 2 rings (SSSR count). The Morgan fingerprint density at radius 3 is 2.57 bits per heavy atom. The van der Waals surface area contributed by atoms with Crippen molar-refractivity contribution >= 4 is 17.5 Å². The summed E-state index contributed by atoms with van der Waals surface area (Å²) in [4.78, 5) is 29.9. The molecule has 0 atom stereocenters. The molecular weight excluding hydrogens is 290 g/mol. The third kappa shape index (κ3) is 4.92. The predicted octanol–water partition coefficient (Wildman–Crippen LogP) is 2.42. The molecule has 0 fully saturated rings. The number of benzene rings is 1. The van der Waals surface area contributed by atoms with Crippen LogP contribution in [0.15, 0.2) is 48.8 Å². The Bertz CT molecular complexity index is 671. The molecule has 0 radical (unpaired) electrons. The Kier molecular flexibility index (Phi) is 5.86. The van der Waals surface area contributed by atoms with Crippen molar-refractivity contribution in [2.75, 3.05) is 18.4 Å². The molecule has 1 aromatic carbocycles. The first kappa shape index (κ1) is 16.7. The highest BCUT2D eigenvalue weighted by Crippen LogP contribution is 2.10. The Morgan fingerprint density at radius 1 is 1.17 bits per heavy atom. The van der Waals surface area contributed by atoms with Gasteiger partial charge in [0.05, 0.1) is 0 Å². The van der Waals surface area contributed by atoms with Crippen LogP contribution < -0.4 is 5.32 Å². The minimum atomic E-state index is -0.604. The molecule has 0 unspecified atom stereocenters. The Balaban J connectivity index is 1.94. The van der Waals surface area contributed by atoms with Crippen molar-refractivity contribution in [3.63, 3.8) is 0 Å². The lowest BCUT2D eigenvalue weighted by atomic mass is 10.2. The average Bonchev–Trinajstić information content (AvgIpc) is 2.56. The van der Waals surface area contributed by atoms with Crippen LogP contribution in [0.5, 0.6) is 0 Å². The predicted molar refractivity (Wildman–Crippen MR) is 90.0 cm³/mol. The average molecular weight is 311 g/mol. The molecule has 1 heterocycles. The second-order valence-electron chi connectivity index (χ2n) is 5.31. The maximum atomic E-state index is 12.3. The number of aryl methyl sites for hydroxylation is 1. The number of pyridine rings is 1. The second-order valence-corrected chi connectivity index (χ2v) is 5.31. The van der Waals surface area contributed by atoms with Crippen LogP contribution in [0.2, 0.25) is 0 Å². The van der Waals surface area contributed by atoms with Gasteiger partial charge >= 0.3 is 11.8 Å². The molecule has 5 heteroatoms. The van der Waals surface area contributed by atoms with Crippen molar-refractivity contribution in [1.29, 1.82) is 0 Å². The van der Waals surface area contributed by atoms with E-state index in [9.17, 15) is 9.59 Å². The number of aromatic nitrogens is 1. The van der Waals surface area contributed by atoms with Gasteiger partial charge in [-0.3, -0.25) is 14.6 Å². The maximum Gasteiger partial charge on any atom is 0.313 e. The summed E-state index contributed by atoms with van der Waals surface area (Å²) in [6.45, 7) is 4.79. The standard InChI is InChI=1S/C18H21N3O2/c1-3-21(12-9-15-7-10-19-11-8-15)18(23)17(22)20-16-6-4-5-14(2)13-16/h4-8,10-11,13H,3,9,12H2,1-2H3,(H,20,22). The third-order valence-corrected chi connectivity index (χ3v) is 3.56. The summed E-state index contributed by atoms with van der Waals surface area (Å²) in [5.41, 5.74) is 2.75. The van der Waals surface area contributed by atoms with Crippen LogP contribution in [0, 0.1) is 6.92 Å². The third-order valence-electron chi connectivity index (χ3n) is 3.56. The number of carbonyl (C=O) groups is 2. The highest BCUT2D eigenvalue weighted by Gasteiger charge is 2.20. The van der Waals surface area contributed by atoms with E-state index in [1.165, 1.54) is 0 Å². The van der Waals surface area contributed by atoms with Gasteiger partial charge in [0.25, 0.3) is 0 Å². The van der Waals surface area contributed by atoms with Gasteiger partial charge in [-0.15, -0.1) is 0 Å². The summed E-state index contributed by atoms with van der Waals surface area (Å²) in [6.07, 6.45) is 4.13. The van der Waals surface area contributed by atoms with Crippen molar-refractivity contribution < 1.29 is 9.59 Å². The lowest BCUT2D eigenvalue weighted by molar-refractivity contribution is -0.143. The number of likely N-dealkylation sites (N-methyl/N-ethyl adjacent to an activating group) is 1. The van der Waals surface area contributed by atoms with E-state index in [0.29, 0.717) is 25.2 Å². The molecule has 120 valence electrons. The monoisotopic (exact) mass is 311 g/mol. The molecule has 0 saturated heterocycles. The van der Waals surface area contributed by atoms with E-state index < -0.39 is 11.8 Å². The van der Waals surface area contributed by atoms with Crippen LogP contribution >= 0.6 is 0 Å². The van der Waals surface area contributed by atoms with Gasteiger partial charge in [-0.05, 0) is 55.7 Å². The molecule has 5 nitrogen and oxygen atoms in total. The lowest BCUT2D eigenvalue weighted by Crippen LogP contribution is -2.40. The largest absolute Gasteiger partial charge is 0.334 e. The van der Waals surface area contributed by atoms with Gasteiger partial charge in [0.1, 0.15) is 0 Å². The Labute approximate surface area is 136 Å². The van der Waals surface area contributed by atoms with Crippen molar-refractivity contribution in [2.24, 2.45) is 0 Å². The summed E-state index contributed by atoms with van der Waals surface area (Å²) < 4.78 is 0. The van der Waals surface area contributed by atoms with Crippen LogP contribution in [0.4, 0.5) is 5.69 Å². The first-order valence-corrected chi connectivity index (χ1v) is 7.66. The van der Waals surface area contributed by atoms with E-state index in [4.69, 9.17) is 0 Å². The van der Waals surface area contributed by atoms with E-state index in [1.807, 2.05) is 44.2 Å². The number of anilines is 1. The molecule has 0 aliphatic rings. The van der Waals surface area contributed by atoms with E-state index in [2.05, 4.69) is 10.3 Å². The van der Waals surface area contributed by atoms with Gasteiger partial charge < -0.3 is 10.2 Å². The normalized spacial score (nSPS) is 10.2. The summed E-state index contributed by atoms with van der Waals surface area (Å²) in [7, 11) is 0. The SMILES string of the molecule is CCN(CCc1ccncc1)C(=O)C(=O)Nc1cccc(C)c1. The highest BCUT2D eigenvalue weighted by atomic mass is 16.2. The lowest BCUT2D eigenvalue weighted by Gasteiger charge is -2.20. The molecule has 2 aromatic rings. The van der Waals surface area contributed by atoms with Gasteiger partial charge in [-0.1, -0.05) is 12.1 Å². The van der Waals surface area contributed by atoms with Crippen LogP contribution in [-0.4, -0.2) is 34.8 Å². The van der Waals surface area contributed by atoms with Crippen LogP contribution in [0.3, 0.4) is 0 Å². The zero-order chi connectivity index (χ0) is 16.7. The Hall–Kier alpha value is -2.69. The number of nitrogens with one attached hydrogen (secondary N) is 1. The minimum Gasteiger partial charge on any atom is -0.334 e. The van der Waals surface area contributed by atoms with Crippen molar-refractivity contribution in [2.45, 2.75) is 20.3 Å². The van der Waals surface area contributed by atoms with Crippen LogP contribution in [0.25, 0.3) is 0 Å². The fraction of sp³-hybridized carbons (Fsp3) is 0.278. The van der Waals surface area contributed by atoms with Gasteiger partial charge in [-0.25, -0.2) is 0 Å². The van der Waals surface area contributed by atoms with Crippen LogP contribution in [0.1, 0.15) is 18.1 Å². The number of hydrogen-bond acceptors (Lipinski definition) is 3. The van der Waals surface area contributed by atoms with Gasteiger partial charge in [-0.2, -0.15) is 0 Å². The summed E-state index contributed by atoms with van der Waals surface area (Å²) in [6, 6.07) is 11.2. The minimum absolute atomic E-state index is 0.491. The quantitative estimate of drug-likeness (QED) is 0.863. The molecule has 0 bridgehead atoms. The molecule has 0 saturated carbocycles. The summed E-state index contributed by atoms with van der Waals surface area (Å²) in [5, 5.41) is 2.66. The number of rotatable bonds is 5. The molecule has 1 aromatic heterocycles. The van der Waals surface area contributed by atoms with E-state index in [1.54, 1.807) is 23.4 Å². The van der Waals surface area contributed by atoms with Gasteiger partial charge in [0.15, 0.2) is 0 Å². The van der Waals surface area contributed by atoms with Gasteiger partial charge in [0, 0.05) is 31.2 Å². The number of carbonyl (C=O) groups excluding carboxylic acids is 2. The molecule has 23 heavy (non-hydrogen) atoms. The number of nitrogens with zero attached hydrogens (tertiary/aromatic N) is 2. The van der Waals surface area contributed by atoms with E-state index in [-0.39, 0.29) is 0 Å². The van der Waals surface area contributed by atoms with E-state index in [0.717, 1.165) is 11.1 Å². The highest BCUT2D eigenvalue weighted by molar-refractivity contribution is 6.39. The molecule has 2 amide bonds. The first-order valence-electron chi connectivity index (χ1n) is 7.66. The molecular formula is C18H21N3O2. The summed E-state index contributed by atoms with van der Waals surface area (Å²) in [5.74, 6) is -1.12. The Morgan fingerprint density at radius 2 is 1.91 bits per heavy atom. The number of amides is 2. The zero-order valence-corrected chi connectivity index (χ0v) is 13.5. The summed E-state index contributed by atoms with van der Waals surface area (Å²) >= 11 is 0. The zero-order valence-electron chi connectivity index (χ0n) is 13.5. The van der Waals surface area contributed by atoms with Crippen LogP contribution in [-0.2, 0) is 16.0 Å². The maximum absolute atomic E-state index is 12.3. The first-order chi connectivity index (χ1) is 11.1. The fourth-order valence-electron chi connectivity index (χ4n) is 2.27. The second kappa shape index (κ2) is 8.08. The topological polar surface area (TPSA) is 62.3 Å². The van der Waals surface area contributed by atoms with Crippen molar-refractivity contribution in [3.8, 4) is 0 Å². The number of hydrogen-bond donors (Lipinski definition) is 1. The van der Waals surface area contributed by atoms with Crippen molar-refractivity contribution in [1.82, 2.24) is 9.88 Å². The van der Waals surface area contributed by atoms with E-state index >= 15 is 0 Å². The smallest absolute Gasteiger partial charge is 0.313 e. The van der Waals surface area contributed by atoms with Crippen molar-refractivity contribution in [3.05, 3.63) is 59.9 Å². The molecule has 1 N–H and O–H groups in total.